The molecule has 0 spiro atoms. The van der Waals surface area contributed by atoms with Crippen LogP contribution in [0.1, 0.15) is 26.7 Å². The van der Waals surface area contributed by atoms with Crippen LogP contribution < -0.4 is 0 Å². The van der Waals surface area contributed by atoms with Crippen molar-refractivity contribution >= 4 is 23.6 Å². The maximum Gasteiger partial charge on any atom is 0.418 e. The molecule has 0 aromatic carbocycles. The summed E-state index contributed by atoms with van der Waals surface area (Å²) in [5.74, 6) is -0.376. The van der Waals surface area contributed by atoms with E-state index in [2.05, 4.69) is 13.2 Å². The topological polar surface area (TPSA) is 53.1 Å². The molecule has 32 heavy (non-hydrogen) atoms. The molecule has 2 fully saturated rings. The minimum Gasteiger partial charge on any atom is -0.448 e. The second kappa shape index (κ2) is 9.05. The van der Waals surface area contributed by atoms with E-state index in [0.717, 1.165) is 11.0 Å². The molecule has 6 nitrogen and oxygen atoms in total. The zero-order chi connectivity index (χ0) is 23.8. The molecule has 174 valence electrons. The average molecular weight is 472 g/mol. The van der Waals surface area contributed by atoms with Crippen molar-refractivity contribution in [3.8, 4) is 0 Å². The standard InChI is InChI=1S/C22H25ClF3N3O3/c1-13(2)16-11-18(22(24,25)26)15(4)29(12-16)19(23)14(3)20(30)27-7-5-17(6-8-27)28-9-10-32-21(28)31/h11-12,17H,1,4-10H2,2-3H3/b19-14+. The van der Waals surface area contributed by atoms with Gasteiger partial charge in [0.1, 0.15) is 11.8 Å². The van der Waals surface area contributed by atoms with Gasteiger partial charge in [0.15, 0.2) is 0 Å². The van der Waals surface area contributed by atoms with Crippen LogP contribution in [0.5, 0.6) is 0 Å². The van der Waals surface area contributed by atoms with Gasteiger partial charge in [0, 0.05) is 30.9 Å². The summed E-state index contributed by atoms with van der Waals surface area (Å²) >= 11 is 6.41. The van der Waals surface area contributed by atoms with Gasteiger partial charge in [-0.1, -0.05) is 24.8 Å². The normalized spacial score (nSPS) is 21.2. The van der Waals surface area contributed by atoms with Gasteiger partial charge in [0.05, 0.1) is 17.8 Å². The van der Waals surface area contributed by atoms with Crippen LogP contribution in [0.3, 0.4) is 0 Å². The highest BCUT2D eigenvalue weighted by Crippen LogP contribution is 2.40. The lowest BCUT2D eigenvalue weighted by atomic mass is 10.00. The van der Waals surface area contributed by atoms with Gasteiger partial charge in [-0.2, -0.15) is 13.2 Å². The first kappa shape index (κ1) is 24.0. The lowest BCUT2D eigenvalue weighted by Gasteiger charge is -2.36. The molecule has 3 aliphatic heterocycles. The number of halogens is 4. The Bertz CT molecular complexity index is 944. The third-order valence-electron chi connectivity index (χ3n) is 5.79. The highest BCUT2D eigenvalue weighted by atomic mass is 35.5. The molecule has 0 N–H and O–H groups in total. The summed E-state index contributed by atoms with van der Waals surface area (Å²) in [6.45, 7) is 12.0. The number of ether oxygens (including phenoxy) is 1. The number of hydrogen-bond acceptors (Lipinski definition) is 4. The molecule has 0 aromatic heterocycles. The van der Waals surface area contributed by atoms with Crippen LogP contribution in [0.4, 0.5) is 18.0 Å². The minimum atomic E-state index is -4.64. The molecule has 3 heterocycles. The van der Waals surface area contributed by atoms with E-state index in [1.54, 1.807) is 16.7 Å². The Morgan fingerprint density at radius 3 is 2.34 bits per heavy atom. The molecule has 0 unspecified atom stereocenters. The SMILES string of the molecule is C=C(C)C1=CN(/C(Cl)=C(\C)C(=O)N2CCC(N3CCOC3=O)CC2)C(=C)C(C(F)(F)F)=C1. The Balaban J connectivity index is 1.77. The highest BCUT2D eigenvalue weighted by Gasteiger charge is 2.40. The molecule has 10 heteroatoms. The van der Waals surface area contributed by atoms with Crippen LogP contribution >= 0.6 is 11.6 Å². The predicted molar refractivity (Wildman–Crippen MR) is 114 cm³/mol. The van der Waals surface area contributed by atoms with Crippen LogP contribution in [0.15, 0.2) is 58.6 Å². The van der Waals surface area contributed by atoms with Crippen molar-refractivity contribution in [1.29, 1.82) is 0 Å². The van der Waals surface area contributed by atoms with Crippen molar-refractivity contribution in [2.75, 3.05) is 26.2 Å². The fourth-order valence-electron chi connectivity index (χ4n) is 3.90. The summed E-state index contributed by atoms with van der Waals surface area (Å²) in [5.41, 5.74) is -0.560. The molecule has 2 amide bonds. The predicted octanol–water partition coefficient (Wildman–Crippen LogP) is 4.68. The summed E-state index contributed by atoms with van der Waals surface area (Å²) in [5, 5.41) is -0.154. The van der Waals surface area contributed by atoms with Crippen molar-refractivity contribution in [2.24, 2.45) is 0 Å². The lowest BCUT2D eigenvalue weighted by molar-refractivity contribution is -0.128. The van der Waals surface area contributed by atoms with Crippen molar-refractivity contribution in [2.45, 2.75) is 38.9 Å². The molecule has 2 saturated heterocycles. The summed E-state index contributed by atoms with van der Waals surface area (Å²) in [6, 6.07) is -0.00350. The van der Waals surface area contributed by atoms with Gasteiger partial charge < -0.3 is 19.4 Å². The van der Waals surface area contributed by atoms with Crippen LogP contribution in [-0.2, 0) is 9.53 Å². The van der Waals surface area contributed by atoms with Gasteiger partial charge in [0.2, 0.25) is 0 Å². The van der Waals surface area contributed by atoms with Gasteiger partial charge in [0.25, 0.3) is 5.91 Å². The molecule has 0 aliphatic carbocycles. The Hall–Kier alpha value is -2.68. The van der Waals surface area contributed by atoms with Gasteiger partial charge in [-0.05, 0) is 43.9 Å². The van der Waals surface area contributed by atoms with Crippen molar-refractivity contribution < 1.29 is 27.5 Å². The number of carbonyl (C=O) groups is 2. The zero-order valence-corrected chi connectivity index (χ0v) is 18.7. The first-order chi connectivity index (χ1) is 14.9. The van der Waals surface area contributed by atoms with E-state index < -0.39 is 11.7 Å². The van der Waals surface area contributed by atoms with Crippen LogP contribution in [-0.4, -0.2) is 65.2 Å². The number of allylic oxidation sites excluding steroid dienone is 4. The van der Waals surface area contributed by atoms with Crippen molar-refractivity contribution in [3.63, 3.8) is 0 Å². The summed E-state index contributed by atoms with van der Waals surface area (Å²) in [4.78, 5) is 29.1. The second-order valence-corrected chi connectivity index (χ2v) is 8.34. The van der Waals surface area contributed by atoms with Gasteiger partial charge in [-0.25, -0.2) is 4.79 Å². The Morgan fingerprint density at radius 2 is 1.84 bits per heavy atom. The Labute approximate surface area is 189 Å². The van der Waals surface area contributed by atoms with Gasteiger partial charge >= 0.3 is 12.3 Å². The number of amides is 2. The van der Waals surface area contributed by atoms with Crippen molar-refractivity contribution in [3.05, 3.63) is 58.6 Å². The third kappa shape index (κ3) is 4.72. The smallest absolute Gasteiger partial charge is 0.418 e. The van der Waals surface area contributed by atoms with Crippen LogP contribution in [0, 0.1) is 0 Å². The fraction of sp³-hybridized carbons (Fsp3) is 0.455. The van der Waals surface area contributed by atoms with E-state index in [1.165, 1.54) is 13.1 Å². The summed E-state index contributed by atoms with van der Waals surface area (Å²) in [6.07, 6.45) is -1.45. The van der Waals surface area contributed by atoms with Crippen LogP contribution in [0.2, 0.25) is 0 Å². The fourth-order valence-corrected chi connectivity index (χ4v) is 4.13. The quantitative estimate of drug-likeness (QED) is 0.441. The Morgan fingerprint density at radius 1 is 1.22 bits per heavy atom. The lowest BCUT2D eigenvalue weighted by Crippen LogP contribution is -2.47. The number of piperidine rings is 1. The summed E-state index contributed by atoms with van der Waals surface area (Å²) < 4.78 is 45.5. The molecule has 0 saturated carbocycles. The van der Waals surface area contributed by atoms with Crippen LogP contribution in [0.25, 0.3) is 0 Å². The monoisotopic (exact) mass is 471 g/mol. The molecule has 3 aliphatic rings. The number of carbonyl (C=O) groups excluding carboxylic acids is 2. The van der Waals surface area contributed by atoms with E-state index in [-0.39, 0.29) is 40.0 Å². The second-order valence-electron chi connectivity index (χ2n) is 7.98. The average Bonchev–Trinajstić information content (AvgIpc) is 3.17. The molecule has 0 radical (unpaired) electrons. The molecule has 0 aromatic rings. The molecule has 0 atom stereocenters. The van der Waals surface area contributed by atoms with Gasteiger partial charge in [-0.15, -0.1) is 0 Å². The molecule has 0 bridgehead atoms. The zero-order valence-electron chi connectivity index (χ0n) is 18.0. The molecular weight excluding hydrogens is 447 g/mol. The van der Waals surface area contributed by atoms with E-state index in [0.29, 0.717) is 44.7 Å². The number of cyclic esters (lactones) is 1. The first-order valence-corrected chi connectivity index (χ1v) is 10.5. The van der Waals surface area contributed by atoms with E-state index in [1.807, 2.05) is 0 Å². The Kier molecular flexibility index (Phi) is 6.78. The van der Waals surface area contributed by atoms with E-state index in [9.17, 15) is 22.8 Å². The number of alkyl halides is 3. The number of likely N-dealkylation sites (tertiary alicyclic amines) is 1. The molecular formula is C22H25ClF3N3O3. The number of hydrogen-bond donors (Lipinski definition) is 0. The highest BCUT2D eigenvalue weighted by molar-refractivity contribution is 6.31. The summed E-state index contributed by atoms with van der Waals surface area (Å²) in [7, 11) is 0. The molecule has 3 rings (SSSR count). The first-order valence-electron chi connectivity index (χ1n) is 10.2. The van der Waals surface area contributed by atoms with Gasteiger partial charge in [-0.3, -0.25) is 4.79 Å². The van der Waals surface area contributed by atoms with E-state index in [4.69, 9.17) is 16.3 Å². The minimum absolute atomic E-state index is 0.00350. The largest absolute Gasteiger partial charge is 0.448 e. The third-order valence-corrected chi connectivity index (χ3v) is 6.26. The van der Waals surface area contributed by atoms with E-state index >= 15 is 0 Å². The maximum absolute atomic E-state index is 13.5. The number of nitrogens with zero attached hydrogens (tertiary/aromatic N) is 3. The maximum atomic E-state index is 13.5. The number of rotatable bonds is 4. The van der Waals surface area contributed by atoms with Crippen molar-refractivity contribution in [1.82, 2.24) is 14.7 Å².